The number of halogens is 1. The lowest BCUT2D eigenvalue weighted by atomic mass is 10.1. The van der Waals surface area contributed by atoms with Crippen LogP contribution in [-0.2, 0) is 19.4 Å². The van der Waals surface area contributed by atoms with E-state index in [2.05, 4.69) is 5.32 Å². The van der Waals surface area contributed by atoms with Gasteiger partial charge in [-0.15, -0.1) is 0 Å². The molecule has 0 radical (unpaired) electrons. The number of hydrogen-bond acceptors (Lipinski definition) is 4. The zero-order valence-corrected chi connectivity index (χ0v) is 14.6. The van der Waals surface area contributed by atoms with E-state index < -0.39 is 21.8 Å². The van der Waals surface area contributed by atoms with E-state index in [-0.39, 0.29) is 29.4 Å². The molecular formula is C18H20FNO4S. The summed E-state index contributed by atoms with van der Waals surface area (Å²) in [5.41, 5.74) is 0.597. The van der Waals surface area contributed by atoms with Crippen LogP contribution in [0.2, 0.25) is 0 Å². The minimum atomic E-state index is -3.50. The molecule has 0 spiro atoms. The molecule has 0 bridgehead atoms. The molecule has 1 atom stereocenters. The van der Waals surface area contributed by atoms with Crippen molar-refractivity contribution in [2.45, 2.75) is 17.4 Å². The van der Waals surface area contributed by atoms with Gasteiger partial charge in [-0.25, -0.2) is 12.8 Å². The average molecular weight is 365 g/mol. The van der Waals surface area contributed by atoms with Gasteiger partial charge in [-0.05, 0) is 29.8 Å². The first-order chi connectivity index (χ1) is 11.9. The fourth-order valence-electron chi connectivity index (χ4n) is 2.31. The van der Waals surface area contributed by atoms with E-state index in [1.807, 2.05) is 0 Å². The molecule has 2 aromatic rings. The van der Waals surface area contributed by atoms with Gasteiger partial charge in [0.05, 0.1) is 16.8 Å². The van der Waals surface area contributed by atoms with Crippen LogP contribution in [0.15, 0.2) is 59.5 Å². The van der Waals surface area contributed by atoms with Crippen molar-refractivity contribution in [2.24, 2.45) is 0 Å². The lowest BCUT2D eigenvalue weighted by Gasteiger charge is -2.16. The van der Waals surface area contributed by atoms with Crippen LogP contribution in [-0.4, -0.2) is 33.7 Å². The van der Waals surface area contributed by atoms with Gasteiger partial charge in [0.1, 0.15) is 5.82 Å². The van der Waals surface area contributed by atoms with Gasteiger partial charge in [-0.2, -0.15) is 0 Å². The standard InChI is InChI=1S/C18H20FNO4S/c1-24-17(14-6-5-7-15(19)12-14)13-20-18(21)10-11-25(22,23)16-8-3-2-4-9-16/h2-9,12,17H,10-11,13H2,1H3,(H,20,21)/t17-/m0/s1. The smallest absolute Gasteiger partial charge is 0.221 e. The summed E-state index contributed by atoms with van der Waals surface area (Å²) in [6, 6.07) is 13.9. The van der Waals surface area contributed by atoms with Gasteiger partial charge in [-0.3, -0.25) is 4.79 Å². The Hall–Kier alpha value is -2.25. The predicted octanol–water partition coefficient (Wildman–Crippen LogP) is 2.49. The first-order valence-electron chi connectivity index (χ1n) is 7.75. The Kier molecular flexibility index (Phi) is 6.66. The molecular weight excluding hydrogens is 345 g/mol. The Morgan fingerprint density at radius 2 is 1.88 bits per heavy atom. The van der Waals surface area contributed by atoms with Gasteiger partial charge in [0.15, 0.2) is 9.84 Å². The van der Waals surface area contributed by atoms with Crippen LogP contribution in [0.25, 0.3) is 0 Å². The number of sulfone groups is 1. The molecule has 0 saturated heterocycles. The highest BCUT2D eigenvalue weighted by atomic mass is 32.2. The van der Waals surface area contributed by atoms with Crippen LogP contribution in [0.4, 0.5) is 4.39 Å². The minimum Gasteiger partial charge on any atom is -0.375 e. The highest BCUT2D eigenvalue weighted by molar-refractivity contribution is 7.91. The number of benzene rings is 2. The van der Waals surface area contributed by atoms with E-state index in [9.17, 15) is 17.6 Å². The quantitative estimate of drug-likeness (QED) is 0.780. The van der Waals surface area contributed by atoms with Crippen LogP contribution in [0.5, 0.6) is 0 Å². The zero-order chi connectivity index (χ0) is 18.3. The normalized spacial score (nSPS) is 12.6. The molecule has 2 rings (SSSR count). The summed E-state index contributed by atoms with van der Waals surface area (Å²) < 4.78 is 42.8. The van der Waals surface area contributed by atoms with Crippen molar-refractivity contribution in [3.8, 4) is 0 Å². The second kappa shape index (κ2) is 8.73. The molecule has 0 aliphatic rings. The second-order valence-electron chi connectivity index (χ2n) is 5.47. The molecule has 0 unspecified atom stereocenters. The number of hydrogen-bond donors (Lipinski definition) is 1. The summed E-state index contributed by atoms with van der Waals surface area (Å²) in [6.45, 7) is 0.129. The molecule has 5 nitrogen and oxygen atoms in total. The molecule has 0 fully saturated rings. The largest absolute Gasteiger partial charge is 0.375 e. The Morgan fingerprint density at radius 1 is 1.16 bits per heavy atom. The van der Waals surface area contributed by atoms with Crippen molar-refractivity contribution in [1.29, 1.82) is 0 Å². The van der Waals surface area contributed by atoms with E-state index >= 15 is 0 Å². The number of nitrogens with one attached hydrogen (secondary N) is 1. The van der Waals surface area contributed by atoms with Crippen molar-refractivity contribution < 1.29 is 22.3 Å². The minimum absolute atomic E-state index is 0.129. The number of amides is 1. The number of rotatable bonds is 8. The van der Waals surface area contributed by atoms with E-state index in [4.69, 9.17) is 4.74 Å². The third kappa shape index (κ3) is 5.65. The maximum absolute atomic E-state index is 13.3. The fourth-order valence-corrected chi connectivity index (χ4v) is 3.57. The lowest BCUT2D eigenvalue weighted by Crippen LogP contribution is -2.30. The third-order valence-corrected chi connectivity index (χ3v) is 5.42. The third-order valence-electron chi connectivity index (χ3n) is 3.69. The topological polar surface area (TPSA) is 72.5 Å². The highest BCUT2D eigenvalue weighted by Crippen LogP contribution is 2.17. The maximum atomic E-state index is 13.3. The molecule has 7 heteroatoms. The summed E-state index contributed by atoms with van der Waals surface area (Å²) in [4.78, 5) is 12.1. The second-order valence-corrected chi connectivity index (χ2v) is 7.57. The molecule has 134 valence electrons. The first-order valence-corrected chi connectivity index (χ1v) is 9.40. The molecule has 2 aromatic carbocycles. The van der Waals surface area contributed by atoms with Crippen LogP contribution >= 0.6 is 0 Å². The monoisotopic (exact) mass is 365 g/mol. The predicted molar refractivity (Wildman–Crippen MR) is 92.3 cm³/mol. The number of carbonyl (C=O) groups is 1. The van der Waals surface area contributed by atoms with E-state index in [0.29, 0.717) is 5.56 Å². The zero-order valence-electron chi connectivity index (χ0n) is 13.8. The van der Waals surface area contributed by atoms with Crippen molar-refractivity contribution in [3.63, 3.8) is 0 Å². The van der Waals surface area contributed by atoms with E-state index in [0.717, 1.165) is 0 Å². The molecule has 0 aromatic heterocycles. The van der Waals surface area contributed by atoms with E-state index in [1.165, 1.54) is 31.4 Å². The Bertz CT molecular complexity index is 809. The highest BCUT2D eigenvalue weighted by Gasteiger charge is 2.17. The summed E-state index contributed by atoms with van der Waals surface area (Å²) >= 11 is 0. The number of methoxy groups -OCH3 is 1. The first kappa shape index (κ1) is 19.1. The molecule has 0 saturated carbocycles. The van der Waals surface area contributed by atoms with Gasteiger partial charge >= 0.3 is 0 Å². The van der Waals surface area contributed by atoms with Crippen molar-refractivity contribution >= 4 is 15.7 Å². The SMILES string of the molecule is CO[C@@H](CNC(=O)CCS(=O)(=O)c1ccccc1)c1cccc(F)c1. The van der Waals surface area contributed by atoms with Gasteiger partial charge in [-0.1, -0.05) is 30.3 Å². The summed E-state index contributed by atoms with van der Waals surface area (Å²) in [7, 11) is -2.04. The molecule has 0 aliphatic carbocycles. The van der Waals surface area contributed by atoms with Gasteiger partial charge in [0, 0.05) is 20.1 Å². The van der Waals surface area contributed by atoms with Gasteiger partial charge in [0.25, 0.3) is 0 Å². The average Bonchev–Trinajstić information content (AvgIpc) is 2.61. The van der Waals surface area contributed by atoms with Crippen molar-refractivity contribution in [1.82, 2.24) is 5.32 Å². The van der Waals surface area contributed by atoms with Gasteiger partial charge < -0.3 is 10.1 Å². The molecule has 0 heterocycles. The maximum Gasteiger partial charge on any atom is 0.221 e. The summed E-state index contributed by atoms with van der Waals surface area (Å²) in [5.74, 6) is -1.07. The van der Waals surface area contributed by atoms with Gasteiger partial charge in [0.2, 0.25) is 5.91 Å². The Balaban J connectivity index is 1.88. The summed E-state index contributed by atoms with van der Waals surface area (Å²) in [6.07, 6.45) is -0.665. The van der Waals surface area contributed by atoms with Crippen molar-refractivity contribution in [2.75, 3.05) is 19.4 Å². The van der Waals surface area contributed by atoms with Crippen LogP contribution in [0, 0.1) is 5.82 Å². The molecule has 25 heavy (non-hydrogen) atoms. The van der Waals surface area contributed by atoms with E-state index in [1.54, 1.807) is 30.3 Å². The molecule has 1 N–H and O–H groups in total. The lowest BCUT2D eigenvalue weighted by molar-refractivity contribution is -0.121. The van der Waals surface area contributed by atoms with Crippen LogP contribution in [0.1, 0.15) is 18.1 Å². The van der Waals surface area contributed by atoms with Crippen LogP contribution in [0.3, 0.4) is 0 Å². The molecule has 0 aliphatic heterocycles. The molecule has 1 amide bonds. The number of carbonyl (C=O) groups excluding carboxylic acids is 1. The fraction of sp³-hybridized carbons (Fsp3) is 0.278. The van der Waals surface area contributed by atoms with Crippen LogP contribution < -0.4 is 5.32 Å². The van der Waals surface area contributed by atoms with Crippen molar-refractivity contribution in [3.05, 3.63) is 66.0 Å². The number of ether oxygens (including phenoxy) is 1. The summed E-state index contributed by atoms with van der Waals surface area (Å²) in [5, 5.41) is 2.62. The Morgan fingerprint density at radius 3 is 2.52 bits per heavy atom. The Labute approximate surface area is 146 Å².